The van der Waals surface area contributed by atoms with Gasteiger partial charge in [0.25, 0.3) is 0 Å². The minimum atomic E-state index is -4.27. The van der Waals surface area contributed by atoms with Crippen LogP contribution in [0.15, 0.2) is 29.6 Å². The zero-order valence-electron chi connectivity index (χ0n) is 11.7. The predicted molar refractivity (Wildman–Crippen MR) is 79.9 cm³/mol. The highest BCUT2D eigenvalue weighted by molar-refractivity contribution is 7.17. The molecule has 0 aliphatic carbocycles. The Balaban J connectivity index is 1.99. The van der Waals surface area contributed by atoms with Crippen LogP contribution in [-0.4, -0.2) is 32.0 Å². The van der Waals surface area contributed by atoms with Gasteiger partial charge >= 0.3 is 6.18 Å². The van der Waals surface area contributed by atoms with Crippen molar-refractivity contribution in [1.82, 2.24) is 5.32 Å². The summed E-state index contributed by atoms with van der Waals surface area (Å²) in [7, 11) is 0. The molecule has 1 unspecified atom stereocenters. The summed E-state index contributed by atoms with van der Waals surface area (Å²) in [5.74, 6) is 0. The molecule has 116 valence electrons. The van der Waals surface area contributed by atoms with E-state index >= 15 is 0 Å². The van der Waals surface area contributed by atoms with E-state index in [1.165, 1.54) is 10.1 Å². The van der Waals surface area contributed by atoms with Crippen LogP contribution in [0.2, 0.25) is 0 Å². The van der Waals surface area contributed by atoms with E-state index in [0.29, 0.717) is 13.0 Å². The number of hydrogen-bond acceptors (Lipinski definition) is 3. The third-order valence-corrected chi connectivity index (χ3v) is 4.12. The normalized spacial score (nSPS) is 13.7. The van der Waals surface area contributed by atoms with Gasteiger partial charge in [-0.15, -0.1) is 11.3 Å². The quantitative estimate of drug-likeness (QED) is 0.833. The summed E-state index contributed by atoms with van der Waals surface area (Å²) >= 11 is 1.65. The van der Waals surface area contributed by atoms with Crippen LogP contribution in [-0.2, 0) is 11.2 Å². The second-order valence-electron chi connectivity index (χ2n) is 4.85. The lowest BCUT2D eigenvalue weighted by molar-refractivity contribution is -0.175. The van der Waals surface area contributed by atoms with Gasteiger partial charge in [0.1, 0.15) is 6.61 Å². The summed E-state index contributed by atoms with van der Waals surface area (Å²) in [6, 6.07) is 7.93. The summed E-state index contributed by atoms with van der Waals surface area (Å²) in [6.45, 7) is 1.49. The fourth-order valence-electron chi connectivity index (χ4n) is 2.25. The molecule has 21 heavy (non-hydrogen) atoms. The first kappa shape index (κ1) is 16.3. The Kier molecular flexibility index (Phi) is 5.61. The molecule has 0 aliphatic heterocycles. The van der Waals surface area contributed by atoms with Gasteiger partial charge in [-0.25, -0.2) is 0 Å². The number of nitrogens with one attached hydrogen (secondary N) is 1. The van der Waals surface area contributed by atoms with Gasteiger partial charge in [0, 0.05) is 10.7 Å². The highest BCUT2D eigenvalue weighted by Crippen LogP contribution is 2.26. The first-order chi connectivity index (χ1) is 9.99. The maximum absolute atomic E-state index is 12.1. The van der Waals surface area contributed by atoms with E-state index in [-0.39, 0.29) is 12.6 Å². The minimum absolute atomic E-state index is 0.0531. The molecule has 2 aromatic rings. The van der Waals surface area contributed by atoms with Crippen molar-refractivity contribution in [3.05, 3.63) is 35.2 Å². The summed E-state index contributed by atoms with van der Waals surface area (Å²) in [5, 5.41) is 6.42. The average Bonchev–Trinajstić information content (AvgIpc) is 2.81. The lowest BCUT2D eigenvalue weighted by Crippen LogP contribution is -2.36. The van der Waals surface area contributed by atoms with Crippen molar-refractivity contribution < 1.29 is 17.9 Å². The summed E-state index contributed by atoms with van der Waals surface area (Å²) in [5.41, 5.74) is 1.15. The summed E-state index contributed by atoms with van der Waals surface area (Å²) in [6.07, 6.45) is -3.61. The molecule has 2 rings (SSSR count). The molecule has 1 aromatic carbocycles. The van der Waals surface area contributed by atoms with Crippen LogP contribution in [0.25, 0.3) is 10.1 Å². The third kappa shape index (κ3) is 4.98. The van der Waals surface area contributed by atoms with Crippen LogP contribution in [0.1, 0.15) is 12.5 Å². The highest BCUT2D eigenvalue weighted by Gasteiger charge is 2.28. The number of alkyl halides is 3. The number of halogens is 3. The second kappa shape index (κ2) is 7.24. The molecular weight excluding hydrogens is 299 g/mol. The van der Waals surface area contributed by atoms with Crippen LogP contribution >= 0.6 is 11.3 Å². The van der Waals surface area contributed by atoms with Crippen molar-refractivity contribution in [2.75, 3.05) is 19.8 Å². The molecule has 6 heteroatoms. The topological polar surface area (TPSA) is 21.3 Å². The molecule has 0 bridgehead atoms. The van der Waals surface area contributed by atoms with Crippen LogP contribution in [0.3, 0.4) is 0 Å². The van der Waals surface area contributed by atoms with E-state index in [1.54, 1.807) is 11.3 Å². The van der Waals surface area contributed by atoms with E-state index in [2.05, 4.69) is 10.7 Å². The smallest absolute Gasteiger partial charge is 0.370 e. The van der Waals surface area contributed by atoms with Gasteiger partial charge in [-0.2, -0.15) is 13.2 Å². The molecule has 0 amide bonds. The van der Waals surface area contributed by atoms with Crippen molar-refractivity contribution in [1.29, 1.82) is 0 Å². The average molecular weight is 317 g/mol. The number of likely N-dealkylation sites (N-methyl/N-ethyl adjacent to an activating group) is 1. The molecule has 1 atom stereocenters. The van der Waals surface area contributed by atoms with Gasteiger partial charge in [-0.05, 0) is 35.4 Å². The Labute approximate surface area is 125 Å². The van der Waals surface area contributed by atoms with E-state index in [1.807, 2.05) is 31.2 Å². The standard InChI is InChI=1S/C15H18F3NOS/c1-2-19-12(8-20-10-15(16,17)18)7-11-9-21-14-6-4-3-5-13(11)14/h3-6,9,12,19H,2,7-8,10H2,1H3. The van der Waals surface area contributed by atoms with E-state index in [4.69, 9.17) is 4.74 Å². The van der Waals surface area contributed by atoms with Crippen LogP contribution < -0.4 is 5.32 Å². The maximum Gasteiger partial charge on any atom is 0.411 e. The third-order valence-electron chi connectivity index (χ3n) is 3.11. The first-order valence-electron chi connectivity index (χ1n) is 6.82. The fourth-order valence-corrected chi connectivity index (χ4v) is 3.23. The highest BCUT2D eigenvalue weighted by atomic mass is 32.1. The summed E-state index contributed by atoms with van der Waals surface area (Å²) in [4.78, 5) is 0. The molecule has 1 heterocycles. The molecule has 0 saturated carbocycles. The fraction of sp³-hybridized carbons (Fsp3) is 0.467. The zero-order valence-corrected chi connectivity index (χ0v) is 12.6. The number of fused-ring (bicyclic) bond motifs is 1. The second-order valence-corrected chi connectivity index (χ2v) is 5.76. The Hall–Kier alpha value is -1.11. The molecule has 0 saturated heterocycles. The zero-order chi connectivity index (χ0) is 15.3. The Morgan fingerprint density at radius 2 is 2.05 bits per heavy atom. The van der Waals surface area contributed by atoms with Crippen LogP contribution in [0.4, 0.5) is 13.2 Å². The van der Waals surface area contributed by atoms with Gasteiger partial charge in [-0.1, -0.05) is 25.1 Å². The molecule has 1 N–H and O–H groups in total. The van der Waals surface area contributed by atoms with Gasteiger partial charge < -0.3 is 10.1 Å². The summed E-state index contributed by atoms with van der Waals surface area (Å²) < 4.78 is 42.4. The molecule has 0 spiro atoms. The van der Waals surface area contributed by atoms with E-state index in [0.717, 1.165) is 5.56 Å². The molecule has 2 nitrogen and oxygen atoms in total. The van der Waals surface area contributed by atoms with Crippen molar-refractivity contribution >= 4 is 21.4 Å². The number of rotatable bonds is 7. The minimum Gasteiger partial charge on any atom is -0.370 e. The van der Waals surface area contributed by atoms with E-state index < -0.39 is 12.8 Å². The van der Waals surface area contributed by atoms with E-state index in [9.17, 15) is 13.2 Å². The van der Waals surface area contributed by atoms with Crippen molar-refractivity contribution in [2.45, 2.75) is 25.6 Å². The van der Waals surface area contributed by atoms with Gasteiger partial charge in [-0.3, -0.25) is 0 Å². The number of hydrogen-bond donors (Lipinski definition) is 1. The number of benzene rings is 1. The molecular formula is C15H18F3NOS. The largest absolute Gasteiger partial charge is 0.411 e. The van der Waals surface area contributed by atoms with Crippen molar-refractivity contribution in [3.63, 3.8) is 0 Å². The van der Waals surface area contributed by atoms with Gasteiger partial charge in [0.05, 0.1) is 6.61 Å². The Morgan fingerprint density at radius 3 is 2.76 bits per heavy atom. The Bertz CT molecular complexity index is 567. The molecule has 0 fully saturated rings. The van der Waals surface area contributed by atoms with Gasteiger partial charge in [0.2, 0.25) is 0 Å². The molecule has 0 aliphatic rings. The van der Waals surface area contributed by atoms with Crippen LogP contribution in [0, 0.1) is 0 Å². The van der Waals surface area contributed by atoms with Crippen molar-refractivity contribution in [3.8, 4) is 0 Å². The lowest BCUT2D eigenvalue weighted by atomic mass is 10.1. The maximum atomic E-state index is 12.1. The monoisotopic (exact) mass is 317 g/mol. The van der Waals surface area contributed by atoms with Crippen molar-refractivity contribution in [2.24, 2.45) is 0 Å². The predicted octanol–water partition coefficient (Wildman–Crippen LogP) is 4.00. The molecule has 1 aromatic heterocycles. The molecule has 0 radical (unpaired) electrons. The SMILES string of the molecule is CCNC(COCC(F)(F)F)Cc1csc2ccccc12. The number of thiophene rings is 1. The van der Waals surface area contributed by atoms with Crippen LogP contribution in [0.5, 0.6) is 0 Å². The Morgan fingerprint density at radius 1 is 1.29 bits per heavy atom. The number of ether oxygens (including phenoxy) is 1. The lowest BCUT2D eigenvalue weighted by Gasteiger charge is -2.18. The van der Waals surface area contributed by atoms with Gasteiger partial charge in [0.15, 0.2) is 0 Å². The first-order valence-corrected chi connectivity index (χ1v) is 7.70.